The van der Waals surface area contributed by atoms with Crippen LogP contribution in [0.4, 0.5) is 0 Å². The molecule has 0 aliphatic rings. The second kappa shape index (κ2) is 7.16. The zero-order valence-corrected chi connectivity index (χ0v) is 14.0. The van der Waals surface area contributed by atoms with E-state index in [0.717, 1.165) is 19.6 Å². The van der Waals surface area contributed by atoms with Crippen LogP contribution in [0.25, 0.3) is 0 Å². The average molecular weight is 303 g/mol. The highest BCUT2D eigenvalue weighted by molar-refractivity contribution is 7.09. The van der Waals surface area contributed by atoms with Crippen molar-refractivity contribution < 1.29 is 0 Å². The predicted octanol–water partition coefficient (Wildman–Crippen LogP) is 3.40. The second-order valence-electron chi connectivity index (χ2n) is 6.36. The van der Waals surface area contributed by atoms with Gasteiger partial charge >= 0.3 is 0 Å². The third-order valence-corrected chi connectivity index (χ3v) is 4.21. The fraction of sp³-hybridized carbons (Fsp3) is 0.471. The lowest BCUT2D eigenvalue weighted by Crippen LogP contribution is -2.28. The summed E-state index contributed by atoms with van der Waals surface area (Å²) in [5, 5.41) is 3.35. The van der Waals surface area contributed by atoms with E-state index < -0.39 is 0 Å². The highest BCUT2D eigenvalue weighted by Gasteiger charge is 2.18. The quantitative estimate of drug-likeness (QED) is 0.889. The molecule has 0 atom stereocenters. The summed E-state index contributed by atoms with van der Waals surface area (Å²) in [5.41, 5.74) is 8.36. The first kappa shape index (κ1) is 16.1. The lowest BCUT2D eigenvalue weighted by atomic mass is 9.93. The van der Waals surface area contributed by atoms with Gasteiger partial charge in [-0.15, -0.1) is 11.3 Å². The molecule has 0 aliphatic carbocycles. The van der Waals surface area contributed by atoms with Crippen LogP contribution in [0.1, 0.15) is 37.0 Å². The van der Waals surface area contributed by atoms with Gasteiger partial charge < -0.3 is 5.73 Å². The van der Waals surface area contributed by atoms with Crippen molar-refractivity contribution in [3.8, 4) is 0 Å². The minimum absolute atomic E-state index is 0.118. The summed E-state index contributed by atoms with van der Waals surface area (Å²) in [7, 11) is 0. The molecule has 0 aliphatic heterocycles. The molecule has 1 heterocycles. The summed E-state index contributed by atoms with van der Waals surface area (Å²) in [4.78, 5) is 7.14. The van der Waals surface area contributed by atoms with Crippen LogP contribution in [0.2, 0.25) is 0 Å². The number of benzene rings is 1. The van der Waals surface area contributed by atoms with E-state index in [2.05, 4.69) is 55.3 Å². The Balaban J connectivity index is 2.04. The molecule has 1 aromatic carbocycles. The number of rotatable bonds is 6. The van der Waals surface area contributed by atoms with E-state index in [1.807, 2.05) is 6.07 Å². The highest BCUT2D eigenvalue weighted by atomic mass is 32.1. The first-order valence-electron chi connectivity index (χ1n) is 7.40. The van der Waals surface area contributed by atoms with Crippen molar-refractivity contribution in [1.29, 1.82) is 0 Å². The molecule has 0 radical (unpaired) electrons. The molecular weight excluding hydrogens is 278 g/mol. The monoisotopic (exact) mass is 303 g/mol. The number of nitrogens with two attached hydrogens (primary N) is 1. The summed E-state index contributed by atoms with van der Waals surface area (Å²) in [6.07, 6.45) is 0. The van der Waals surface area contributed by atoms with Crippen LogP contribution in [0.3, 0.4) is 0 Å². The second-order valence-corrected chi connectivity index (χ2v) is 7.30. The van der Waals surface area contributed by atoms with Crippen molar-refractivity contribution in [2.75, 3.05) is 13.1 Å². The number of thiazole rings is 1. The van der Waals surface area contributed by atoms with E-state index in [9.17, 15) is 0 Å². The van der Waals surface area contributed by atoms with Crippen LogP contribution >= 0.6 is 11.3 Å². The van der Waals surface area contributed by atoms with Crippen LogP contribution in [0.5, 0.6) is 0 Å². The molecule has 0 bridgehead atoms. The topological polar surface area (TPSA) is 42.1 Å². The highest BCUT2D eigenvalue weighted by Crippen LogP contribution is 2.24. The van der Waals surface area contributed by atoms with E-state index >= 15 is 0 Å². The maximum Gasteiger partial charge on any atom is 0.107 e. The molecule has 0 saturated carbocycles. The van der Waals surface area contributed by atoms with Gasteiger partial charge in [-0.3, -0.25) is 4.90 Å². The maximum absolute atomic E-state index is 5.75. The lowest BCUT2D eigenvalue weighted by Gasteiger charge is -2.20. The average Bonchev–Trinajstić information content (AvgIpc) is 2.89. The zero-order chi connectivity index (χ0) is 15.3. The first-order valence-corrected chi connectivity index (χ1v) is 8.28. The van der Waals surface area contributed by atoms with Gasteiger partial charge in [-0.2, -0.15) is 0 Å². The van der Waals surface area contributed by atoms with Gasteiger partial charge in [0.15, 0.2) is 0 Å². The maximum atomic E-state index is 5.75. The Labute approximate surface area is 131 Å². The van der Waals surface area contributed by atoms with E-state index in [4.69, 9.17) is 10.7 Å². The molecule has 0 spiro atoms. The zero-order valence-electron chi connectivity index (χ0n) is 13.2. The van der Waals surface area contributed by atoms with E-state index in [0.29, 0.717) is 6.54 Å². The van der Waals surface area contributed by atoms with Crippen LogP contribution in [-0.2, 0) is 18.5 Å². The van der Waals surface area contributed by atoms with Crippen molar-refractivity contribution >= 4 is 11.3 Å². The van der Waals surface area contributed by atoms with E-state index in [1.165, 1.54) is 16.3 Å². The molecule has 2 N–H and O–H groups in total. The summed E-state index contributed by atoms with van der Waals surface area (Å²) < 4.78 is 0. The van der Waals surface area contributed by atoms with Crippen LogP contribution < -0.4 is 5.73 Å². The normalized spacial score (nSPS) is 12.0. The molecule has 2 rings (SSSR count). The Kier molecular flexibility index (Phi) is 5.51. The third kappa shape index (κ3) is 4.92. The summed E-state index contributed by atoms with van der Waals surface area (Å²) in [6.45, 7) is 9.95. The van der Waals surface area contributed by atoms with Gasteiger partial charge in [-0.1, -0.05) is 51.1 Å². The number of hydrogen-bond acceptors (Lipinski definition) is 4. The third-order valence-electron chi connectivity index (χ3n) is 3.37. The minimum Gasteiger partial charge on any atom is -0.329 e. The van der Waals surface area contributed by atoms with Crippen molar-refractivity contribution in [3.63, 3.8) is 0 Å². The Morgan fingerprint density at radius 3 is 2.43 bits per heavy atom. The minimum atomic E-state index is 0.118. The molecule has 1 aromatic heterocycles. The largest absolute Gasteiger partial charge is 0.329 e. The molecule has 0 unspecified atom stereocenters. The Bertz CT molecular complexity index is 543. The molecular formula is C17H25N3S. The smallest absolute Gasteiger partial charge is 0.107 e. The van der Waals surface area contributed by atoms with E-state index in [-0.39, 0.29) is 5.41 Å². The Hall–Kier alpha value is -1.23. The Morgan fingerprint density at radius 2 is 1.86 bits per heavy atom. The van der Waals surface area contributed by atoms with Crippen molar-refractivity contribution in [2.45, 2.75) is 39.3 Å². The fourth-order valence-electron chi connectivity index (χ4n) is 2.16. The van der Waals surface area contributed by atoms with Crippen LogP contribution in [0, 0.1) is 0 Å². The van der Waals surface area contributed by atoms with Crippen molar-refractivity contribution in [2.24, 2.45) is 5.73 Å². The Morgan fingerprint density at radius 1 is 1.14 bits per heavy atom. The van der Waals surface area contributed by atoms with Gasteiger partial charge in [-0.05, 0) is 5.56 Å². The molecule has 0 saturated heterocycles. The molecule has 0 amide bonds. The van der Waals surface area contributed by atoms with Gasteiger partial charge in [0.05, 0.1) is 12.2 Å². The van der Waals surface area contributed by atoms with Gasteiger partial charge in [0, 0.05) is 30.4 Å². The fourth-order valence-corrected chi connectivity index (χ4v) is 3.22. The van der Waals surface area contributed by atoms with Gasteiger partial charge in [0.2, 0.25) is 0 Å². The van der Waals surface area contributed by atoms with Gasteiger partial charge in [0.1, 0.15) is 5.01 Å². The number of nitrogens with zero attached hydrogens (tertiary/aromatic N) is 2. The summed E-state index contributed by atoms with van der Waals surface area (Å²) in [6, 6.07) is 10.5. The van der Waals surface area contributed by atoms with Crippen LogP contribution in [0.15, 0.2) is 35.7 Å². The standard InChI is InChI=1S/C17H25N3S/c1-17(2,3)15-13-21-16(19-15)12-20(10-9-18)11-14-7-5-4-6-8-14/h4-8,13H,9-12,18H2,1-3H3. The molecule has 21 heavy (non-hydrogen) atoms. The van der Waals surface area contributed by atoms with Crippen molar-refractivity contribution in [1.82, 2.24) is 9.88 Å². The summed E-state index contributed by atoms with van der Waals surface area (Å²) in [5.74, 6) is 0. The number of aromatic nitrogens is 1. The van der Waals surface area contributed by atoms with Gasteiger partial charge in [0.25, 0.3) is 0 Å². The van der Waals surface area contributed by atoms with Crippen molar-refractivity contribution in [3.05, 3.63) is 52.0 Å². The molecule has 2 aromatic rings. The molecule has 4 heteroatoms. The lowest BCUT2D eigenvalue weighted by molar-refractivity contribution is 0.263. The summed E-state index contributed by atoms with van der Waals surface area (Å²) >= 11 is 1.75. The molecule has 3 nitrogen and oxygen atoms in total. The number of hydrogen-bond donors (Lipinski definition) is 1. The first-order chi connectivity index (χ1) is 9.99. The predicted molar refractivity (Wildman–Crippen MR) is 90.4 cm³/mol. The molecule has 114 valence electrons. The van der Waals surface area contributed by atoms with E-state index in [1.54, 1.807) is 11.3 Å². The molecule has 0 fully saturated rings. The van der Waals surface area contributed by atoms with Gasteiger partial charge in [-0.25, -0.2) is 4.98 Å². The SMILES string of the molecule is CC(C)(C)c1csc(CN(CCN)Cc2ccccc2)n1. The van der Waals surface area contributed by atoms with Crippen LogP contribution in [-0.4, -0.2) is 23.0 Å².